The first-order valence-corrected chi connectivity index (χ1v) is 5.49. The molecule has 4 heteroatoms. The van der Waals surface area contributed by atoms with Gasteiger partial charge in [-0.05, 0) is 25.0 Å². The van der Waals surface area contributed by atoms with Crippen molar-refractivity contribution in [1.29, 1.82) is 0 Å². The lowest BCUT2D eigenvalue weighted by atomic mass is 10.2. The number of H-pyrrole nitrogens is 1. The number of aliphatic hydroxyl groups excluding tert-OH is 1. The molecule has 0 saturated heterocycles. The van der Waals surface area contributed by atoms with E-state index in [0.717, 1.165) is 16.6 Å². The maximum Gasteiger partial charge on any atom is 0.326 e. The van der Waals surface area contributed by atoms with E-state index in [-0.39, 0.29) is 5.69 Å². The molecule has 0 aliphatic rings. The van der Waals surface area contributed by atoms with Crippen LogP contribution in [0.3, 0.4) is 0 Å². The molecule has 2 rings (SSSR count). The maximum atomic E-state index is 11.7. The third-order valence-corrected chi connectivity index (χ3v) is 2.88. The molecule has 1 aromatic heterocycles. The topological polar surface area (TPSA) is 58.0 Å². The van der Waals surface area contributed by atoms with Gasteiger partial charge in [0.1, 0.15) is 0 Å². The highest BCUT2D eigenvalue weighted by molar-refractivity contribution is 5.78. The van der Waals surface area contributed by atoms with Crippen LogP contribution in [0.4, 0.5) is 0 Å². The molecule has 1 heterocycles. The van der Waals surface area contributed by atoms with Gasteiger partial charge in [0.25, 0.3) is 0 Å². The summed E-state index contributed by atoms with van der Waals surface area (Å²) in [5.41, 5.74) is 2.60. The van der Waals surface area contributed by atoms with Gasteiger partial charge in [-0.25, -0.2) is 4.79 Å². The summed E-state index contributed by atoms with van der Waals surface area (Å²) in [4.78, 5) is 14.6. The fourth-order valence-electron chi connectivity index (χ4n) is 1.84. The van der Waals surface area contributed by atoms with E-state index in [0.29, 0.717) is 13.0 Å². The van der Waals surface area contributed by atoms with Gasteiger partial charge in [-0.2, -0.15) is 0 Å². The van der Waals surface area contributed by atoms with Gasteiger partial charge in [0.15, 0.2) is 0 Å². The fraction of sp³-hybridized carbons (Fsp3) is 0.417. The highest BCUT2D eigenvalue weighted by Crippen LogP contribution is 2.14. The Morgan fingerprint density at radius 1 is 1.50 bits per heavy atom. The molecule has 16 heavy (non-hydrogen) atoms. The summed E-state index contributed by atoms with van der Waals surface area (Å²) in [6, 6.07) is 5.77. The van der Waals surface area contributed by atoms with Crippen LogP contribution in [0, 0.1) is 6.92 Å². The lowest BCUT2D eigenvalue weighted by Crippen LogP contribution is -2.24. The molecule has 0 aliphatic heterocycles. The van der Waals surface area contributed by atoms with Crippen LogP contribution in [0.5, 0.6) is 0 Å². The Morgan fingerprint density at radius 3 is 2.94 bits per heavy atom. The number of rotatable bonds is 3. The second-order valence-electron chi connectivity index (χ2n) is 4.07. The number of aliphatic hydroxyl groups is 1. The van der Waals surface area contributed by atoms with Crippen molar-refractivity contribution in [2.75, 3.05) is 0 Å². The summed E-state index contributed by atoms with van der Waals surface area (Å²) in [6.45, 7) is 4.20. The predicted octanol–water partition coefficient (Wildman–Crippen LogP) is 1.41. The number of hydrogen-bond acceptors (Lipinski definition) is 2. The standard InChI is InChI=1S/C12H16N2O2/c1-3-9(15)7-14-10-6-4-5-8(2)11(10)13-12(14)16/h4-6,9,15H,3,7H2,1-2H3,(H,13,16). The molecule has 4 nitrogen and oxygen atoms in total. The highest BCUT2D eigenvalue weighted by atomic mass is 16.3. The highest BCUT2D eigenvalue weighted by Gasteiger charge is 2.10. The normalized spacial score (nSPS) is 13.2. The number of nitrogens with zero attached hydrogens (tertiary/aromatic N) is 1. The number of imidazole rings is 1. The van der Waals surface area contributed by atoms with E-state index in [2.05, 4.69) is 4.98 Å². The molecule has 0 bridgehead atoms. The Kier molecular flexibility index (Phi) is 2.83. The molecule has 2 N–H and O–H groups in total. The molecule has 1 unspecified atom stereocenters. The number of aromatic amines is 1. The van der Waals surface area contributed by atoms with Crippen LogP contribution in [0.25, 0.3) is 11.0 Å². The van der Waals surface area contributed by atoms with Crippen LogP contribution in [0.1, 0.15) is 18.9 Å². The molecule has 0 aliphatic carbocycles. The molecule has 86 valence electrons. The summed E-state index contributed by atoms with van der Waals surface area (Å²) in [5, 5.41) is 9.61. The molecular weight excluding hydrogens is 204 g/mol. The number of para-hydroxylation sites is 1. The molecule has 2 aromatic rings. The molecular formula is C12H16N2O2. The van der Waals surface area contributed by atoms with E-state index in [1.165, 1.54) is 0 Å². The average molecular weight is 220 g/mol. The molecule has 0 radical (unpaired) electrons. The van der Waals surface area contributed by atoms with Gasteiger partial charge in [0, 0.05) is 0 Å². The van der Waals surface area contributed by atoms with E-state index >= 15 is 0 Å². The zero-order valence-corrected chi connectivity index (χ0v) is 9.53. The van der Waals surface area contributed by atoms with Gasteiger partial charge >= 0.3 is 5.69 Å². The van der Waals surface area contributed by atoms with Crippen molar-refractivity contribution in [2.45, 2.75) is 32.9 Å². The van der Waals surface area contributed by atoms with Crippen molar-refractivity contribution in [3.63, 3.8) is 0 Å². The molecule has 0 saturated carbocycles. The number of nitrogens with one attached hydrogen (secondary N) is 1. The van der Waals surface area contributed by atoms with Crippen LogP contribution in [-0.4, -0.2) is 20.8 Å². The van der Waals surface area contributed by atoms with Crippen molar-refractivity contribution in [1.82, 2.24) is 9.55 Å². The van der Waals surface area contributed by atoms with E-state index in [1.54, 1.807) is 4.57 Å². The van der Waals surface area contributed by atoms with Crippen molar-refractivity contribution in [3.8, 4) is 0 Å². The Labute approximate surface area is 93.5 Å². The first kappa shape index (κ1) is 11.0. The first-order chi connectivity index (χ1) is 7.63. The zero-order chi connectivity index (χ0) is 11.7. The van der Waals surface area contributed by atoms with Gasteiger partial charge in [-0.3, -0.25) is 4.57 Å². The summed E-state index contributed by atoms with van der Waals surface area (Å²) in [6.07, 6.45) is 0.169. The van der Waals surface area contributed by atoms with E-state index < -0.39 is 6.10 Å². The minimum atomic E-state index is -0.475. The van der Waals surface area contributed by atoms with Gasteiger partial charge in [-0.1, -0.05) is 19.1 Å². The van der Waals surface area contributed by atoms with Crippen molar-refractivity contribution >= 4 is 11.0 Å². The van der Waals surface area contributed by atoms with Gasteiger partial charge in [0.2, 0.25) is 0 Å². The fourth-order valence-corrected chi connectivity index (χ4v) is 1.84. The van der Waals surface area contributed by atoms with Gasteiger partial charge < -0.3 is 10.1 Å². The lowest BCUT2D eigenvalue weighted by molar-refractivity contribution is 0.150. The van der Waals surface area contributed by atoms with E-state index in [9.17, 15) is 9.90 Å². The monoisotopic (exact) mass is 220 g/mol. The zero-order valence-electron chi connectivity index (χ0n) is 9.53. The average Bonchev–Trinajstić information content (AvgIpc) is 2.58. The van der Waals surface area contributed by atoms with Crippen molar-refractivity contribution < 1.29 is 5.11 Å². The summed E-state index contributed by atoms with van der Waals surface area (Å²) >= 11 is 0. The van der Waals surface area contributed by atoms with Crippen LogP contribution in [0.2, 0.25) is 0 Å². The minimum Gasteiger partial charge on any atom is -0.391 e. The quantitative estimate of drug-likeness (QED) is 0.821. The summed E-state index contributed by atoms with van der Waals surface area (Å²) in [5.74, 6) is 0. The third-order valence-electron chi connectivity index (χ3n) is 2.88. The van der Waals surface area contributed by atoms with Crippen molar-refractivity contribution in [3.05, 3.63) is 34.2 Å². The summed E-state index contributed by atoms with van der Waals surface area (Å²) in [7, 11) is 0. The lowest BCUT2D eigenvalue weighted by Gasteiger charge is -2.08. The molecule has 0 fully saturated rings. The van der Waals surface area contributed by atoms with Gasteiger partial charge in [0.05, 0.1) is 23.7 Å². The second-order valence-corrected chi connectivity index (χ2v) is 4.07. The number of aromatic nitrogens is 2. The van der Waals surface area contributed by atoms with Crippen molar-refractivity contribution in [2.24, 2.45) is 0 Å². The number of fused-ring (bicyclic) bond motifs is 1. The van der Waals surface area contributed by atoms with Crippen LogP contribution >= 0.6 is 0 Å². The molecule has 1 atom stereocenters. The molecule has 1 aromatic carbocycles. The predicted molar refractivity (Wildman–Crippen MR) is 63.6 cm³/mol. The van der Waals surface area contributed by atoms with Crippen LogP contribution < -0.4 is 5.69 Å². The van der Waals surface area contributed by atoms with Crippen LogP contribution in [0.15, 0.2) is 23.0 Å². The Morgan fingerprint density at radius 2 is 2.25 bits per heavy atom. The SMILES string of the molecule is CCC(O)Cn1c(=O)[nH]c2c(C)cccc21. The number of hydrogen-bond donors (Lipinski definition) is 2. The van der Waals surface area contributed by atoms with Crippen LogP contribution in [-0.2, 0) is 6.54 Å². The third kappa shape index (κ3) is 1.76. The largest absolute Gasteiger partial charge is 0.391 e. The molecule has 0 spiro atoms. The minimum absolute atomic E-state index is 0.156. The Balaban J connectivity index is 2.57. The van der Waals surface area contributed by atoms with E-state index in [1.807, 2.05) is 32.0 Å². The number of benzene rings is 1. The second kappa shape index (κ2) is 4.14. The van der Waals surface area contributed by atoms with E-state index in [4.69, 9.17) is 0 Å². The van der Waals surface area contributed by atoms with Gasteiger partial charge in [-0.15, -0.1) is 0 Å². The number of aryl methyl sites for hydroxylation is 1. The maximum absolute atomic E-state index is 11.7. The summed E-state index contributed by atoms with van der Waals surface area (Å²) < 4.78 is 1.59. The Bertz CT molecular complexity index is 554. The first-order valence-electron chi connectivity index (χ1n) is 5.49. The molecule has 0 amide bonds. The smallest absolute Gasteiger partial charge is 0.326 e. The Hall–Kier alpha value is -1.55.